The Kier molecular flexibility index (Phi) is 8.13. The van der Waals surface area contributed by atoms with Crippen molar-refractivity contribution in [1.82, 2.24) is 10.2 Å². The third-order valence-electron chi connectivity index (χ3n) is 4.36. The van der Waals surface area contributed by atoms with Crippen LogP contribution in [0.15, 0.2) is 0 Å². The van der Waals surface area contributed by atoms with Gasteiger partial charge in [-0.3, -0.25) is 0 Å². The lowest BCUT2D eigenvalue weighted by atomic mass is 10.1. The van der Waals surface area contributed by atoms with Gasteiger partial charge in [-0.1, -0.05) is 26.7 Å². The molecule has 2 nitrogen and oxygen atoms in total. The second-order valence-corrected chi connectivity index (χ2v) is 8.04. The lowest BCUT2D eigenvalue weighted by molar-refractivity contribution is 0.184. The average molecular weight is 283 g/mol. The summed E-state index contributed by atoms with van der Waals surface area (Å²) < 4.78 is 0. The van der Waals surface area contributed by atoms with Gasteiger partial charge >= 0.3 is 0 Å². The van der Waals surface area contributed by atoms with E-state index in [1.54, 1.807) is 0 Å². The molecule has 0 aromatic heterocycles. The third kappa shape index (κ3) is 8.26. The lowest BCUT2D eigenvalue weighted by Crippen LogP contribution is -2.38. The van der Waals surface area contributed by atoms with E-state index >= 15 is 0 Å². The van der Waals surface area contributed by atoms with Gasteiger partial charge in [-0.15, -0.1) is 0 Å². The van der Waals surface area contributed by atoms with E-state index in [1.165, 1.54) is 58.0 Å². The van der Waals surface area contributed by atoms with Crippen molar-refractivity contribution in [2.45, 2.75) is 91.1 Å². The zero-order chi connectivity index (χ0) is 15.0. The van der Waals surface area contributed by atoms with Crippen molar-refractivity contribution < 1.29 is 0 Å². The molecule has 1 aliphatic carbocycles. The van der Waals surface area contributed by atoms with E-state index in [-0.39, 0.29) is 5.54 Å². The molecule has 1 N–H and O–H groups in total. The molecule has 0 aliphatic heterocycles. The lowest BCUT2D eigenvalue weighted by Gasteiger charge is -2.29. The van der Waals surface area contributed by atoms with Crippen molar-refractivity contribution in [2.75, 3.05) is 19.6 Å². The molecule has 120 valence electrons. The first kappa shape index (κ1) is 18.0. The van der Waals surface area contributed by atoms with Crippen LogP contribution in [0.5, 0.6) is 0 Å². The number of nitrogens with zero attached hydrogens (tertiary/aromatic N) is 1. The summed E-state index contributed by atoms with van der Waals surface area (Å²) in [5, 5.41) is 3.60. The summed E-state index contributed by atoms with van der Waals surface area (Å²) >= 11 is 0. The molecule has 0 atom stereocenters. The normalized spacial score (nSPS) is 17.6. The fourth-order valence-corrected chi connectivity index (χ4v) is 3.07. The highest BCUT2D eigenvalue weighted by Crippen LogP contribution is 2.24. The maximum Gasteiger partial charge on any atom is 0.00965 e. The van der Waals surface area contributed by atoms with Gasteiger partial charge in [-0.25, -0.2) is 0 Å². The van der Waals surface area contributed by atoms with Crippen molar-refractivity contribution in [3.05, 3.63) is 0 Å². The Morgan fingerprint density at radius 2 is 1.70 bits per heavy atom. The van der Waals surface area contributed by atoms with E-state index in [9.17, 15) is 0 Å². The molecule has 0 unspecified atom stereocenters. The van der Waals surface area contributed by atoms with Crippen LogP contribution in [-0.4, -0.2) is 36.1 Å². The minimum Gasteiger partial charge on any atom is -0.312 e. The van der Waals surface area contributed by atoms with Crippen LogP contribution in [0.2, 0.25) is 0 Å². The minimum absolute atomic E-state index is 0.267. The van der Waals surface area contributed by atoms with Crippen molar-refractivity contribution in [3.63, 3.8) is 0 Å². The molecule has 2 heteroatoms. The van der Waals surface area contributed by atoms with Gasteiger partial charge in [0.1, 0.15) is 0 Å². The molecule has 0 bridgehead atoms. The summed E-state index contributed by atoms with van der Waals surface area (Å²) in [4.78, 5) is 2.80. The van der Waals surface area contributed by atoms with E-state index in [0.717, 1.165) is 18.5 Å². The maximum atomic E-state index is 3.60. The molecule has 0 aromatic rings. The first-order chi connectivity index (χ1) is 9.38. The van der Waals surface area contributed by atoms with Crippen molar-refractivity contribution >= 4 is 0 Å². The molecule has 0 spiro atoms. The molecule has 1 aliphatic rings. The SMILES string of the molecule is CC(C)CCN(CCCCNC(C)(C)C)C1CCCC1. The topological polar surface area (TPSA) is 15.3 Å². The van der Waals surface area contributed by atoms with E-state index in [0.29, 0.717) is 0 Å². The molecule has 20 heavy (non-hydrogen) atoms. The smallest absolute Gasteiger partial charge is 0.00965 e. The molecule has 1 saturated carbocycles. The number of unbranched alkanes of at least 4 members (excludes halogenated alkanes) is 1. The van der Waals surface area contributed by atoms with Gasteiger partial charge in [-0.05, 0) is 78.4 Å². The van der Waals surface area contributed by atoms with Gasteiger partial charge < -0.3 is 10.2 Å². The van der Waals surface area contributed by atoms with Gasteiger partial charge in [0.25, 0.3) is 0 Å². The van der Waals surface area contributed by atoms with Crippen LogP contribution in [0.25, 0.3) is 0 Å². The predicted octanol–water partition coefficient (Wildman–Crippen LogP) is 4.45. The zero-order valence-corrected chi connectivity index (χ0v) is 14.7. The Morgan fingerprint density at radius 1 is 1.05 bits per heavy atom. The Hall–Kier alpha value is -0.0800. The molecule has 1 rings (SSSR count). The number of hydrogen-bond acceptors (Lipinski definition) is 2. The Balaban J connectivity index is 2.22. The van der Waals surface area contributed by atoms with Crippen LogP contribution in [-0.2, 0) is 0 Å². The Morgan fingerprint density at radius 3 is 2.25 bits per heavy atom. The molecule has 0 saturated heterocycles. The average Bonchev–Trinajstić information content (AvgIpc) is 2.84. The summed E-state index contributed by atoms with van der Waals surface area (Å²) in [6.45, 7) is 15.2. The standard InChI is InChI=1S/C18H38N2/c1-16(2)12-15-20(17-10-6-7-11-17)14-9-8-13-19-18(3,4)5/h16-17,19H,6-15H2,1-5H3. The van der Waals surface area contributed by atoms with Gasteiger partial charge in [0.2, 0.25) is 0 Å². The monoisotopic (exact) mass is 282 g/mol. The van der Waals surface area contributed by atoms with E-state index in [1.807, 2.05) is 0 Å². The molecule has 0 amide bonds. The van der Waals surface area contributed by atoms with Crippen LogP contribution < -0.4 is 5.32 Å². The second-order valence-electron chi connectivity index (χ2n) is 8.04. The van der Waals surface area contributed by atoms with Gasteiger partial charge in [0.15, 0.2) is 0 Å². The van der Waals surface area contributed by atoms with Crippen LogP contribution in [0.4, 0.5) is 0 Å². The molecule has 0 aromatic carbocycles. The minimum atomic E-state index is 0.267. The van der Waals surface area contributed by atoms with Crippen molar-refractivity contribution in [3.8, 4) is 0 Å². The summed E-state index contributed by atoms with van der Waals surface area (Å²) in [5.41, 5.74) is 0.267. The van der Waals surface area contributed by atoms with Crippen LogP contribution >= 0.6 is 0 Å². The molecular formula is C18H38N2. The quantitative estimate of drug-likeness (QED) is 0.629. The summed E-state index contributed by atoms with van der Waals surface area (Å²) in [7, 11) is 0. The van der Waals surface area contributed by atoms with E-state index < -0.39 is 0 Å². The van der Waals surface area contributed by atoms with Crippen LogP contribution in [0.3, 0.4) is 0 Å². The highest BCUT2D eigenvalue weighted by atomic mass is 15.2. The molecular weight excluding hydrogens is 244 g/mol. The molecule has 0 heterocycles. The van der Waals surface area contributed by atoms with Crippen LogP contribution in [0, 0.1) is 5.92 Å². The Labute approximate surface area is 127 Å². The zero-order valence-electron chi connectivity index (χ0n) is 14.7. The summed E-state index contributed by atoms with van der Waals surface area (Å²) in [6, 6.07) is 0.893. The number of rotatable bonds is 9. The predicted molar refractivity (Wildman–Crippen MR) is 90.3 cm³/mol. The molecule has 0 radical (unpaired) electrons. The highest BCUT2D eigenvalue weighted by molar-refractivity contribution is 4.78. The maximum absolute atomic E-state index is 3.60. The fourth-order valence-electron chi connectivity index (χ4n) is 3.07. The largest absolute Gasteiger partial charge is 0.312 e. The Bertz CT molecular complexity index is 236. The van der Waals surface area contributed by atoms with Gasteiger partial charge in [0.05, 0.1) is 0 Å². The van der Waals surface area contributed by atoms with Crippen molar-refractivity contribution in [2.24, 2.45) is 5.92 Å². The number of nitrogens with one attached hydrogen (secondary N) is 1. The van der Waals surface area contributed by atoms with E-state index in [4.69, 9.17) is 0 Å². The summed E-state index contributed by atoms with van der Waals surface area (Å²) in [6.07, 6.45) is 9.80. The number of hydrogen-bond donors (Lipinski definition) is 1. The summed E-state index contributed by atoms with van der Waals surface area (Å²) in [5.74, 6) is 0.835. The molecule has 1 fully saturated rings. The fraction of sp³-hybridized carbons (Fsp3) is 1.00. The van der Waals surface area contributed by atoms with Crippen LogP contribution in [0.1, 0.15) is 79.6 Å². The first-order valence-electron chi connectivity index (χ1n) is 8.87. The first-order valence-corrected chi connectivity index (χ1v) is 8.87. The van der Waals surface area contributed by atoms with Gasteiger partial charge in [0, 0.05) is 11.6 Å². The van der Waals surface area contributed by atoms with Gasteiger partial charge in [-0.2, -0.15) is 0 Å². The third-order valence-corrected chi connectivity index (χ3v) is 4.36. The van der Waals surface area contributed by atoms with Crippen molar-refractivity contribution in [1.29, 1.82) is 0 Å². The highest BCUT2D eigenvalue weighted by Gasteiger charge is 2.22. The second kappa shape index (κ2) is 9.04. The van der Waals surface area contributed by atoms with E-state index in [2.05, 4.69) is 44.8 Å².